The second-order valence-electron chi connectivity index (χ2n) is 6.52. The standard InChI is InChI=1S/C17H24N2O4S.ClH/c1-24(21,22)16-6-4-15(5-7-16)23-11-9-17(20)19-13-2-3-14(19)12-18-10-8-13;/h4-7,13-14,18H,2-3,8-12H2,1H3;1H. The van der Waals surface area contributed by atoms with Crippen LogP contribution in [0.4, 0.5) is 0 Å². The molecule has 1 N–H and O–H groups in total. The predicted octanol–water partition coefficient (Wildman–Crippen LogP) is 1.63. The number of amides is 1. The maximum Gasteiger partial charge on any atom is 0.226 e. The average Bonchev–Trinajstić information content (AvgIpc) is 2.80. The number of carbonyl (C=O) groups excluding carboxylic acids is 1. The van der Waals surface area contributed by atoms with Gasteiger partial charge in [-0.15, -0.1) is 12.4 Å². The Morgan fingerprint density at radius 2 is 1.88 bits per heavy atom. The van der Waals surface area contributed by atoms with Crippen molar-refractivity contribution >= 4 is 28.2 Å². The SMILES string of the molecule is CS(=O)(=O)c1ccc(OCCC(=O)N2C3CCNCC2CC3)cc1.Cl. The molecule has 3 rings (SSSR count). The van der Waals surface area contributed by atoms with Gasteiger partial charge in [-0.05, 0) is 50.1 Å². The largest absolute Gasteiger partial charge is 0.493 e. The second-order valence-corrected chi connectivity index (χ2v) is 8.54. The summed E-state index contributed by atoms with van der Waals surface area (Å²) in [6, 6.07) is 6.98. The molecular weight excluding hydrogens is 364 g/mol. The van der Waals surface area contributed by atoms with E-state index in [1.807, 2.05) is 0 Å². The summed E-state index contributed by atoms with van der Waals surface area (Å²) < 4.78 is 28.4. The molecule has 2 heterocycles. The molecule has 25 heavy (non-hydrogen) atoms. The molecule has 0 aromatic heterocycles. The summed E-state index contributed by atoms with van der Waals surface area (Å²) in [6.45, 7) is 2.17. The monoisotopic (exact) mass is 388 g/mol. The average molecular weight is 389 g/mol. The van der Waals surface area contributed by atoms with Gasteiger partial charge >= 0.3 is 0 Å². The summed E-state index contributed by atoms with van der Waals surface area (Å²) in [5, 5.41) is 3.39. The molecule has 2 saturated heterocycles. The van der Waals surface area contributed by atoms with Crippen molar-refractivity contribution in [1.82, 2.24) is 10.2 Å². The first-order valence-electron chi connectivity index (χ1n) is 8.40. The maximum absolute atomic E-state index is 12.5. The van der Waals surface area contributed by atoms with E-state index in [2.05, 4.69) is 10.2 Å². The van der Waals surface area contributed by atoms with Gasteiger partial charge in [0, 0.05) is 24.9 Å². The molecule has 6 nitrogen and oxygen atoms in total. The highest BCUT2D eigenvalue weighted by molar-refractivity contribution is 7.90. The molecule has 0 aliphatic carbocycles. The van der Waals surface area contributed by atoms with E-state index in [4.69, 9.17) is 4.74 Å². The minimum atomic E-state index is -3.20. The Kier molecular flexibility index (Phi) is 6.71. The normalized spacial score (nSPS) is 22.8. The highest BCUT2D eigenvalue weighted by Crippen LogP contribution is 2.28. The third kappa shape index (κ3) is 4.86. The number of nitrogens with one attached hydrogen (secondary N) is 1. The van der Waals surface area contributed by atoms with E-state index in [1.165, 1.54) is 18.4 Å². The molecule has 2 fully saturated rings. The molecule has 2 aliphatic rings. The Morgan fingerprint density at radius 1 is 1.20 bits per heavy atom. The topological polar surface area (TPSA) is 75.7 Å². The third-order valence-corrected chi connectivity index (χ3v) is 5.91. The van der Waals surface area contributed by atoms with Crippen molar-refractivity contribution < 1.29 is 17.9 Å². The van der Waals surface area contributed by atoms with Crippen LogP contribution in [-0.4, -0.2) is 57.3 Å². The molecule has 2 aliphatic heterocycles. The minimum absolute atomic E-state index is 0. The van der Waals surface area contributed by atoms with Crippen LogP contribution in [0.3, 0.4) is 0 Å². The van der Waals surface area contributed by atoms with Crippen molar-refractivity contribution in [1.29, 1.82) is 0 Å². The van der Waals surface area contributed by atoms with Crippen LogP contribution < -0.4 is 10.1 Å². The first-order valence-corrected chi connectivity index (χ1v) is 10.3. The van der Waals surface area contributed by atoms with Gasteiger partial charge in [-0.25, -0.2) is 8.42 Å². The van der Waals surface area contributed by atoms with Crippen LogP contribution in [0.25, 0.3) is 0 Å². The molecule has 140 valence electrons. The van der Waals surface area contributed by atoms with E-state index >= 15 is 0 Å². The summed E-state index contributed by atoms with van der Waals surface area (Å²) in [5.74, 6) is 0.731. The van der Waals surface area contributed by atoms with Gasteiger partial charge in [0.05, 0.1) is 17.9 Å². The third-order valence-electron chi connectivity index (χ3n) is 4.78. The molecule has 0 radical (unpaired) electrons. The van der Waals surface area contributed by atoms with E-state index < -0.39 is 9.84 Å². The number of ether oxygens (including phenoxy) is 1. The van der Waals surface area contributed by atoms with Crippen molar-refractivity contribution in [2.75, 3.05) is 26.0 Å². The highest BCUT2D eigenvalue weighted by atomic mass is 35.5. The van der Waals surface area contributed by atoms with Crippen LogP contribution in [0.15, 0.2) is 29.2 Å². The fourth-order valence-electron chi connectivity index (χ4n) is 3.56. The fraction of sp³-hybridized carbons (Fsp3) is 0.588. The zero-order valence-corrected chi connectivity index (χ0v) is 15.9. The Balaban J connectivity index is 0.00000225. The van der Waals surface area contributed by atoms with Crippen LogP contribution in [-0.2, 0) is 14.6 Å². The molecule has 2 bridgehead atoms. The number of fused-ring (bicyclic) bond motifs is 2. The molecule has 1 amide bonds. The smallest absolute Gasteiger partial charge is 0.226 e. The summed E-state index contributed by atoms with van der Waals surface area (Å²) >= 11 is 0. The van der Waals surface area contributed by atoms with E-state index in [1.54, 1.807) is 12.1 Å². The number of nitrogens with zero attached hydrogens (tertiary/aromatic N) is 1. The van der Waals surface area contributed by atoms with Crippen molar-refractivity contribution in [3.8, 4) is 5.75 Å². The van der Waals surface area contributed by atoms with Crippen molar-refractivity contribution in [3.63, 3.8) is 0 Å². The van der Waals surface area contributed by atoms with Gasteiger partial charge in [-0.2, -0.15) is 0 Å². The van der Waals surface area contributed by atoms with Crippen molar-refractivity contribution in [3.05, 3.63) is 24.3 Å². The number of carbonyl (C=O) groups is 1. The van der Waals surface area contributed by atoms with E-state index in [9.17, 15) is 13.2 Å². The van der Waals surface area contributed by atoms with Crippen LogP contribution in [0, 0.1) is 0 Å². The van der Waals surface area contributed by atoms with Crippen LogP contribution in [0.2, 0.25) is 0 Å². The Morgan fingerprint density at radius 3 is 2.56 bits per heavy atom. The van der Waals surface area contributed by atoms with Gasteiger partial charge < -0.3 is 15.0 Å². The second kappa shape index (κ2) is 8.38. The number of benzene rings is 1. The van der Waals surface area contributed by atoms with Crippen LogP contribution in [0.1, 0.15) is 25.7 Å². The molecule has 8 heteroatoms. The summed E-state index contributed by atoms with van der Waals surface area (Å²) in [5.41, 5.74) is 0. The summed E-state index contributed by atoms with van der Waals surface area (Å²) in [7, 11) is -3.20. The van der Waals surface area contributed by atoms with Crippen molar-refractivity contribution in [2.45, 2.75) is 42.7 Å². The van der Waals surface area contributed by atoms with E-state index in [0.717, 1.165) is 32.4 Å². The molecule has 1 aromatic rings. The summed E-state index contributed by atoms with van der Waals surface area (Å²) in [4.78, 5) is 14.8. The zero-order chi connectivity index (χ0) is 17.2. The number of hydrogen-bond acceptors (Lipinski definition) is 5. The maximum atomic E-state index is 12.5. The lowest BCUT2D eigenvalue weighted by atomic mass is 10.1. The van der Waals surface area contributed by atoms with Gasteiger partial charge in [0.1, 0.15) is 5.75 Å². The van der Waals surface area contributed by atoms with E-state index in [-0.39, 0.29) is 23.2 Å². The van der Waals surface area contributed by atoms with E-state index in [0.29, 0.717) is 30.9 Å². The molecule has 2 atom stereocenters. The van der Waals surface area contributed by atoms with Gasteiger partial charge in [0.2, 0.25) is 5.91 Å². The minimum Gasteiger partial charge on any atom is -0.493 e. The van der Waals surface area contributed by atoms with Crippen LogP contribution >= 0.6 is 12.4 Å². The van der Waals surface area contributed by atoms with Gasteiger partial charge in [-0.3, -0.25) is 4.79 Å². The Bertz CT molecular complexity index is 679. The number of halogens is 1. The van der Waals surface area contributed by atoms with Gasteiger partial charge in [0.25, 0.3) is 0 Å². The number of hydrogen-bond donors (Lipinski definition) is 1. The lowest BCUT2D eigenvalue weighted by Gasteiger charge is -2.28. The Hall–Kier alpha value is -1.31. The zero-order valence-electron chi connectivity index (χ0n) is 14.3. The number of sulfone groups is 1. The first-order chi connectivity index (χ1) is 11.4. The fourth-order valence-corrected chi connectivity index (χ4v) is 4.19. The Labute approximate surface area is 155 Å². The lowest BCUT2D eigenvalue weighted by Crippen LogP contribution is -2.42. The van der Waals surface area contributed by atoms with Crippen LogP contribution in [0.5, 0.6) is 5.75 Å². The lowest BCUT2D eigenvalue weighted by molar-refractivity contribution is -0.134. The summed E-state index contributed by atoms with van der Waals surface area (Å²) in [6.07, 6.45) is 4.73. The molecule has 1 aromatic carbocycles. The highest BCUT2D eigenvalue weighted by Gasteiger charge is 2.37. The quantitative estimate of drug-likeness (QED) is 0.829. The van der Waals surface area contributed by atoms with Gasteiger partial charge in [-0.1, -0.05) is 0 Å². The molecule has 2 unspecified atom stereocenters. The van der Waals surface area contributed by atoms with Crippen molar-refractivity contribution in [2.24, 2.45) is 0 Å². The molecule has 0 spiro atoms. The molecular formula is C17H25ClN2O4S. The predicted molar refractivity (Wildman–Crippen MR) is 98.1 cm³/mol. The first kappa shape index (κ1) is 20.0. The number of rotatable bonds is 5. The molecule has 0 saturated carbocycles. The van der Waals surface area contributed by atoms with Gasteiger partial charge in [0.15, 0.2) is 9.84 Å².